The summed E-state index contributed by atoms with van der Waals surface area (Å²) in [6.45, 7) is 15.0. The molecular weight excluding hydrogens is 432 g/mol. The van der Waals surface area contributed by atoms with Gasteiger partial charge < -0.3 is 5.32 Å². The van der Waals surface area contributed by atoms with Gasteiger partial charge in [-0.1, -0.05) is 30.3 Å². The second-order valence-electron chi connectivity index (χ2n) is 8.72. The molecule has 3 heterocycles. The third-order valence-electron chi connectivity index (χ3n) is 6.16. The van der Waals surface area contributed by atoms with Crippen LogP contribution in [0.5, 0.6) is 0 Å². The minimum atomic E-state index is 0.309. The summed E-state index contributed by atoms with van der Waals surface area (Å²) in [5, 5.41) is 12.6. The number of hydrogen-bond acceptors (Lipinski definition) is 6. The standard InChI is InChI=1S/C26H31ClN6/c1-18(2)33-13-11-32(12-14-33)10-9-29-22-16-25-24(30-17-22)8-7-23(31-25)19(3)26(28)20-5-4-6-21(27)15-20/h4-8,15-18,28-29H,3,9-14H2,1-2H3. The fourth-order valence-corrected chi connectivity index (χ4v) is 4.27. The highest BCUT2D eigenvalue weighted by Crippen LogP contribution is 2.22. The molecular formula is C26H31ClN6. The number of nitrogens with zero attached hydrogens (tertiary/aromatic N) is 4. The molecule has 172 valence electrons. The molecule has 0 amide bonds. The number of piperazine rings is 1. The van der Waals surface area contributed by atoms with E-state index >= 15 is 0 Å². The van der Waals surface area contributed by atoms with E-state index in [2.05, 4.69) is 40.5 Å². The molecule has 0 radical (unpaired) electrons. The Kier molecular flexibility index (Phi) is 7.38. The molecule has 2 aromatic heterocycles. The Hall–Kier alpha value is -2.80. The fourth-order valence-electron chi connectivity index (χ4n) is 4.08. The van der Waals surface area contributed by atoms with Crippen molar-refractivity contribution in [3.63, 3.8) is 0 Å². The lowest BCUT2D eigenvalue weighted by atomic mass is 10.0. The summed E-state index contributed by atoms with van der Waals surface area (Å²) in [6.07, 6.45) is 1.85. The topological polar surface area (TPSA) is 68.1 Å². The minimum absolute atomic E-state index is 0.309. The van der Waals surface area contributed by atoms with Gasteiger partial charge >= 0.3 is 0 Å². The van der Waals surface area contributed by atoms with Crippen molar-refractivity contribution in [3.05, 3.63) is 71.5 Å². The molecule has 1 aliphatic rings. The Morgan fingerprint density at radius 3 is 2.64 bits per heavy atom. The highest BCUT2D eigenvalue weighted by molar-refractivity contribution is 6.33. The number of hydrogen-bond donors (Lipinski definition) is 2. The van der Waals surface area contributed by atoms with Gasteiger partial charge in [-0.15, -0.1) is 0 Å². The number of allylic oxidation sites excluding steroid dienone is 1. The molecule has 0 unspecified atom stereocenters. The smallest absolute Gasteiger partial charge is 0.0914 e. The number of benzene rings is 1. The van der Waals surface area contributed by atoms with Crippen LogP contribution in [0.1, 0.15) is 25.1 Å². The Bertz CT molecular complexity index is 1150. The van der Waals surface area contributed by atoms with Crippen LogP contribution in [0.25, 0.3) is 16.6 Å². The lowest BCUT2D eigenvalue weighted by molar-refractivity contribution is 0.111. The lowest BCUT2D eigenvalue weighted by Crippen LogP contribution is -2.49. The molecule has 1 saturated heterocycles. The molecule has 7 heteroatoms. The van der Waals surface area contributed by atoms with Gasteiger partial charge in [-0.05, 0) is 44.2 Å². The van der Waals surface area contributed by atoms with Gasteiger partial charge in [-0.3, -0.25) is 20.2 Å². The highest BCUT2D eigenvalue weighted by atomic mass is 35.5. The molecule has 6 nitrogen and oxygen atoms in total. The van der Waals surface area contributed by atoms with Gasteiger partial charge in [-0.25, -0.2) is 4.98 Å². The number of pyridine rings is 2. The van der Waals surface area contributed by atoms with E-state index in [4.69, 9.17) is 22.0 Å². The van der Waals surface area contributed by atoms with Crippen molar-refractivity contribution >= 4 is 39.6 Å². The van der Waals surface area contributed by atoms with Crippen LogP contribution in [0.15, 0.2) is 55.2 Å². The van der Waals surface area contributed by atoms with E-state index in [0.717, 1.165) is 61.6 Å². The van der Waals surface area contributed by atoms with Gasteiger partial charge in [-0.2, -0.15) is 0 Å². The van der Waals surface area contributed by atoms with E-state index < -0.39 is 0 Å². The number of rotatable bonds is 8. The van der Waals surface area contributed by atoms with Gasteiger partial charge in [0.05, 0.1) is 34.3 Å². The Balaban J connectivity index is 1.39. The van der Waals surface area contributed by atoms with Crippen molar-refractivity contribution < 1.29 is 0 Å². The maximum atomic E-state index is 8.51. The van der Waals surface area contributed by atoms with Gasteiger partial charge in [0.25, 0.3) is 0 Å². The highest BCUT2D eigenvalue weighted by Gasteiger charge is 2.18. The zero-order valence-corrected chi connectivity index (χ0v) is 20.1. The van der Waals surface area contributed by atoms with Gasteiger partial charge in [0.1, 0.15) is 0 Å². The average Bonchev–Trinajstić information content (AvgIpc) is 2.83. The van der Waals surface area contributed by atoms with Crippen molar-refractivity contribution in [2.24, 2.45) is 0 Å². The number of fused-ring (bicyclic) bond motifs is 1. The van der Waals surface area contributed by atoms with Crippen LogP contribution in [-0.2, 0) is 0 Å². The minimum Gasteiger partial charge on any atom is -0.382 e. The molecule has 4 rings (SSSR count). The van der Waals surface area contributed by atoms with Crippen LogP contribution in [0.2, 0.25) is 5.02 Å². The first-order valence-corrected chi connectivity index (χ1v) is 11.8. The molecule has 3 aromatic rings. The Morgan fingerprint density at radius 1 is 1.12 bits per heavy atom. The summed E-state index contributed by atoms with van der Waals surface area (Å²) in [7, 11) is 0. The van der Waals surface area contributed by atoms with Crippen LogP contribution >= 0.6 is 11.6 Å². The number of aromatic nitrogens is 2. The third-order valence-corrected chi connectivity index (χ3v) is 6.39. The molecule has 0 saturated carbocycles. The zero-order chi connectivity index (χ0) is 23.4. The summed E-state index contributed by atoms with van der Waals surface area (Å²) < 4.78 is 0. The molecule has 1 aliphatic heterocycles. The molecule has 1 fully saturated rings. The third kappa shape index (κ3) is 5.77. The second-order valence-corrected chi connectivity index (χ2v) is 9.16. The van der Waals surface area contributed by atoms with E-state index in [1.165, 1.54) is 0 Å². The normalized spacial score (nSPS) is 15.2. The summed E-state index contributed by atoms with van der Waals surface area (Å²) in [5.74, 6) is 0. The SMILES string of the molecule is C=C(C(=N)c1cccc(Cl)c1)c1ccc2ncc(NCCN3CCN(C(C)C)CC3)cc2n1. The van der Waals surface area contributed by atoms with Gasteiger partial charge in [0.2, 0.25) is 0 Å². The molecule has 33 heavy (non-hydrogen) atoms. The molecule has 2 N–H and O–H groups in total. The van der Waals surface area contributed by atoms with Crippen molar-refractivity contribution in [2.45, 2.75) is 19.9 Å². The summed E-state index contributed by atoms with van der Waals surface area (Å²) in [5.41, 5.74) is 4.79. The fraction of sp³-hybridized carbons (Fsp3) is 0.346. The summed E-state index contributed by atoms with van der Waals surface area (Å²) >= 11 is 6.08. The number of nitrogens with one attached hydrogen (secondary N) is 2. The zero-order valence-electron chi connectivity index (χ0n) is 19.3. The number of halogens is 1. The van der Waals surface area contributed by atoms with Crippen LogP contribution < -0.4 is 5.32 Å². The first-order chi connectivity index (χ1) is 15.9. The van der Waals surface area contributed by atoms with Crippen LogP contribution in [0.3, 0.4) is 0 Å². The Morgan fingerprint density at radius 2 is 1.91 bits per heavy atom. The molecule has 0 bridgehead atoms. The van der Waals surface area contributed by atoms with E-state index in [1.807, 2.05) is 36.5 Å². The largest absolute Gasteiger partial charge is 0.382 e. The van der Waals surface area contributed by atoms with E-state index in [9.17, 15) is 0 Å². The van der Waals surface area contributed by atoms with Crippen molar-refractivity contribution in [1.29, 1.82) is 5.41 Å². The molecule has 0 aliphatic carbocycles. The van der Waals surface area contributed by atoms with E-state index in [-0.39, 0.29) is 0 Å². The predicted molar refractivity (Wildman–Crippen MR) is 138 cm³/mol. The number of anilines is 1. The quantitative estimate of drug-likeness (QED) is 0.470. The Labute approximate surface area is 200 Å². The van der Waals surface area contributed by atoms with Crippen molar-refractivity contribution in [2.75, 3.05) is 44.6 Å². The summed E-state index contributed by atoms with van der Waals surface area (Å²) in [4.78, 5) is 14.3. The lowest BCUT2D eigenvalue weighted by Gasteiger charge is -2.36. The van der Waals surface area contributed by atoms with Gasteiger partial charge in [0, 0.05) is 61.5 Å². The predicted octanol–water partition coefficient (Wildman–Crippen LogP) is 4.80. The summed E-state index contributed by atoms with van der Waals surface area (Å²) in [6, 6.07) is 13.7. The van der Waals surface area contributed by atoms with Crippen molar-refractivity contribution in [3.8, 4) is 0 Å². The van der Waals surface area contributed by atoms with Crippen LogP contribution in [-0.4, -0.2) is 70.8 Å². The first-order valence-electron chi connectivity index (χ1n) is 11.4. The van der Waals surface area contributed by atoms with Crippen LogP contribution in [0, 0.1) is 5.41 Å². The first kappa shape index (κ1) is 23.4. The monoisotopic (exact) mass is 462 g/mol. The van der Waals surface area contributed by atoms with Gasteiger partial charge in [0.15, 0.2) is 0 Å². The maximum absolute atomic E-state index is 8.51. The van der Waals surface area contributed by atoms with Crippen LogP contribution in [0.4, 0.5) is 5.69 Å². The molecule has 0 atom stereocenters. The van der Waals surface area contributed by atoms with E-state index in [1.54, 1.807) is 12.1 Å². The molecule has 1 aromatic carbocycles. The second kappa shape index (κ2) is 10.4. The molecule has 0 spiro atoms. The average molecular weight is 463 g/mol. The maximum Gasteiger partial charge on any atom is 0.0914 e. The van der Waals surface area contributed by atoms with E-state index in [0.29, 0.717) is 28.0 Å². The van der Waals surface area contributed by atoms with Crippen molar-refractivity contribution in [1.82, 2.24) is 19.8 Å².